The fraction of sp³-hybridized carbons (Fsp3) is 0.292. The van der Waals surface area contributed by atoms with Gasteiger partial charge in [0.1, 0.15) is 11.6 Å². The van der Waals surface area contributed by atoms with Crippen LogP contribution in [0.1, 0.15) is 34.5 Å². The maximum atomic E-state index is 13.7. The van der Waals surface area contributed by atoms with E-state index < -0.39 is 17.5 Å². The molecule has 1 fully saturated rings. The summed E-state index contributed by atoms with van der Waals surface area (Å²) in [5.74, 6) is -0.539. The van der Waals surface area contributed by atoms with E-state index in [0.29, 0.717) is 5.92 Å². The van der Waals surface area contributed by atoms with Crippen LogP contribution >= 0.6 is 0 Å². The molecule has 1 saturated heterocycles. The van der Waals surface area contributed by atoms with E-state index in [1.165, 1.54) is 11.6 Å². The van der Waals surface area contributed by atoms with Gasteiger partial charge in [0.15, 0.2) is 11.5 Å². The van der Waals surface area contributed by atoms with E-state index in [4.69, 9.17) is 0 Å². The Kier molecular flexibility index (Phi) is 6.50. The molecule has 1 amide bonds. The van der Waals surface area contributed by atoms with Crippen LogP contribution in [0.3, 0.4) is 0 Å². The molecule has 2 heterocycles. The van der Waals surface area contributed by atoms with Crippen LogP contribution in [0.4, 0.5) is 14.6 Å². The van der Waals surface area contributed by atoms with Gasteiger partial charge in [-0.1, -0.05) is 36.4 Å². The second kappa shape index (κ2) is 9.64. The molecule has 4 rings (SSSR count). The highest BCUT2D eigenvalue weighted by atomic mass is 19.1. The first-order valence-corrected chi connectivity index (χ1v) is 10.4. The van der Waals surface area contributed by atoms with Gasteiger partial charge in [0.05, 0.1) is 0 Å². The molecular formula is C24H24F2N4O. The smallest absolute Gasteiger partial charge is 0.272 e. The van der Waals surface area contributed by atoms with Crippen molar-refractivity contribution in [2.45, 2.75) is 25.8 Å². The number of hydrogen-bond acceptors (Lipinski definition) is 4. The maximum absolute atomic E-state index is 13.7. The Hall–Kier alpha value is -3.35. The van der Waals surface area contributed by atoms with Gasteiger partial charge in [-0.15, -0.1) is 10.2 Å². The van der Waals surface area contributed by atoms with Gasteiger partial charge in [-0.3, -0.25) is 4.79 Å². The van der Waals surface area contributed by atoms with Crippen molar-refractivity contribution in [3.05, 3.63) is 89.1 Å². The summed E-state index contributed by atoms with van der Waals surface area (Å²) in [6.07, 6.45) is 3.24. The lowest BCUT2D eigenvalue weighted by atomic mass is 9.90. The lowest BCUT2D eigenvalue weighted by Gasteiger charge is -2.32. The number of aromatic nitrogens is 2. The normalized spacial score (nSPS) is 14.5. The number of benzene rings is 2. The number of halogens is 2. The monoisotopic (exact) mass is 422 g/mol. The van der Waals surface area contributed by atoms with Gasteiger partial charge >= 0.3 is 0 Å². The van der Waals surface area contributed by atoms with Gasteiger partial charge in [-0.05, 0) is 55.0 Å². The molecule has 0 bridgehead atoms. The SMILES string of the molecule is O=C(NCc1c(F)cccc1F)c1ccc(N2CCC(Cc3ccccc3)CC2)nn1. The van der Waals surface area contributed by atoms with Crippen molar-refractivity contribution in [2.75, 3.05) is 18.0 Å². The molecule has 160 valence electrons. The van der Waals surface area contributed by atoms with Gasteiger partial charge in [0, 0.05) is 25.2 Å². The molecule has 2 aromatic carbocycles. The van der Waals surface area contributed by atoms with Gasteiger partial charge in [0.25, 0.3) is 5.91 Å². The zero-order valence-electron chi connectivity index (χ0n) is 17.1. The highest BCUT2D eigenvalue weighted by Gasteiger charge is 2.21. The van der Waals surface area contributed by atoms with Crippen LogP contribution in [0.15, 0.2) is 60.7 Å². The van der Waals surface area contributed by atoms with E-state index >= 15 is 0 Å². The number of rotatable bonds is 6. The molecule has 1 aliphatic heterocycles. The van der Waals surface area contributed by atoms with Crippen molar-refractivity contribution in [3.63, 3.8) is 0 Å². The van der Waals surface area contributed by atoms with Gasteiger partial charge in [-0.2, -0.15) is 0 Å². The molecule has 0 saturated carbocycles. The molecule has 7 heteroatoms. The summed E-state index contributed by atoms with van der Waals surface area (Å²) in [5.41, 5.74) is 1.30. The summed E-state index contributed by atoms with van der Waals surface area (Å²) >= 11 is 0. The average molecular weight is 422 g/mol. The molecule has 1 N–H and O–H groups in total. The number of nitrogens with one attached hydrogen (secondary N) is 1. The van der Waals surface area contributed by atoms with Crippen LogP contribution in [0.25, 0.3) is 0 Å². The predicted octanol–water partition coefficient (Wildman–Crippen LogP) is 4.14. The zero-order chi connectivity index (χ0) is 21.6. The molecule has 0 spiro atoms. The summed E-state index contributed by atoms with van der Waals surface area (Å²) in [6.45, 7) is 1.53. The summed E-state index contributed by atoms with van der Waals surface area (Å²) in [6, 6.07) is 17.5. The van der Waals surface area contributed by atoms with Crippen LogP contribution < -0.4 is 10.2 Å². The van der Waals surface area contributed by atoms with Crippen LogP contribution in [-0.2, 0) is 13.0 Å². The fourth-order valence-electron chi connectivity index (χ4n) is 3.89. The number of anilines is 1. The standard InChI is InChI=1S/C24H24F2N4O/c25-20-7-4-8-21(26)19(20)16-27-24(31)22-9-10-23(29-28-22)30-13-11-18(12-14-30)15-17-5-2-1-3-6-17/h1-10,18H,11-16H2,(H,27,31). The number of hydrogen-bond donors (Lipinski definition) is 1. The third-order valence-electron chi connectivity index (χ3n) is 5.68. The van der Waals surface area contributed by atoms with Crippen molar-refractivity contribution in [1.82, 2.24) is 15.5 Å². The van der Waals surface area contributed by atoms with Crippen molar-refractivity contribution in [3.8, 4) is 0 Å². The Morgan fingerprint density at radius 3 is 2.29 bits per heavy atom. The second-order valence-corrected chi connectivity index (χ2v) is 7.78. The van der Waals surface area contributed by atoms with Crippen LogP contribution in [-0.4, -0.2) is 29.2 Å². The van der Waals surface area contributed by atoms with E-state index in [1.807, 2.05) is 6.07 Å². The summed E-state index contributed by atoms with van der Waals surface area (Å²) < 4.78 is 27.4. The van der Waals surface area contributed by atoms with E-state index in [0.717, 1.165) is 50.3 Å². The molecular weight excluding hydrogens is 398 g/mol. The van der Waals surface area contributed by atoms with Crippen LogP contribution in [0.5, 0.6) is 0 Å². The van der Waals surface area contributed by atoms with E-state index in [-0.39, 0.29) is 17.8 Å². The van der Waals surface area contributed by atoms with Crippen LogP contribution in [0, 0.1) is 17.6 Å². The Morgan fingerprint density at radius 2 is 1.65 bits per heavy atom. The van der Waals surface area contributed by atoms with Gasteiger partial charge in [-0.25, -0.2) is 8.78 Å². The first-order chi connectivity index (χ1) is 15.1. The minimum absolute atomic E-state index is 0.111. The molecule has 0 unspecified atom stereocenters. The largest absolute Gasteiger partial charge is 0.355 e. The first-order valence-electron chi connectivity index (χ1n) is 10.4. The summed E-state index contributed by atoms with van der Waals surface area (Å²) in [7, 11) is 0. The van der Waals surface area contributed by atoms with Crippen molar-refractivity contribution < 1.29 is 13.6 Å². The molecule has 0 atom stereocenters. The lowest BCUT2D eigenvalue weighted by Crippen LogP contribution is -2.35. The maximum Gasteiger partial charge on any atom is 0.272 e. The third-order valence-corrected chi connectivity index (χ3v) is 5.68. The number of piperidine rings is 1. The Bertz CT molecular complexity index is 999. The quantitative estimate of drug-likeness (QED) is 0.649. The van der Waals surface area contributed by atoms with E-state index in [1.54, 1.807) is 12.1 Å². The molecule has 3 aromatic rings. The third kappa shape index (κ3) is 5.23. The summed E-state index contributed by atoms with van der Waals surface area (Å²) in [4.78, 5) is 14.4. The van der Waals surface area contributed by atoms with E-state index in [9.17, 15) is 13.6 Å². The Morgan fingerprint density at radius 1 is 0.935 bits per heavy atom. The minimum Gasteiger partial charge on any atom is -0.355 e. The summed E-state index contributed by atoms with van der Waals surface area (Å²) in [5, 5.41) is 10.7. The number of amides is 1. The molecule has 31 heavy (non-hydrogen) atoms. The number of nitrogens with zero attached hydrogens (tertiary/aromatic N) is 3. The Balaban J connectivity index is 1.29. The van der Waals surface area contributed by atoms with Gasteiger partial charge < -0.3 is 10.2 Å². The molecule has 0 aliphatic carbocycles. The molecule has 1 aromatic heterocycles. The van der Waals surface area contributed by atoms with Crippen molar-refractivity contribution >= 4 is 11.7 Å². The van der Waals surface area contributed by atoms with Crippen LogP contribution in [0.2, 0.25) is 0 Å². The van der Waals surface area contributed by atoms with E-state index in [2.05, 4.69) is 44.7 Å². The lowest BCUT2D eigenvalue weighted by molar-refractivity contribution is 0.0944. The molecule has 0 radical (unpaired) electrons. The van der Waals surface area contributed by atoms with Crippen molar-refractivity contribution in [2.24, 2.45) is 5.92 Å². The second-order valence-electron chi connectivity index (χ2n) is 7.78. The van der Waals surface area contributed by atoms with Crippen molar-refractivity contribution in [1.29, 1.82) is 0 Å². The number of carbonyl (C=O) groups excluding carboxylic acids is 1. The molecule has 5 nitrogen and oxygen atoms in total. The Labute approximate surface area is 180 Å². The number of carbonyl (C=O) groups is 1. The molecule has 1 aliphatic rings. The van der Waals surface area contributed by atoms with Gasteiger partial charge in [0.2, 0.25) is 0 Å². The average Bonchev–Trinajstić information content (AvgIpc) is 2.80. The first kappa shape index (κ1) is 20.9. The fourth-order valence-corrected chi connectivity index (χ4v) is 3.89. The highest BCUT2D eigenvalue weighted by Crippen LogP contribution is 2.24. The topological polar surface area (TPSA) is 58.1 Å². The predicted molar refractivity (Wildman–Crippen MR) is 115 cm³/mol. The highest BCUT2D eigenvalue weighted by molar-refractivity contribution is 5.92. The zero-order valence-corrected chi connectivity index (χ0v) is 17.1. The minimum atomic E-state index is -0.697.